The number of aromatic nitrogens is 1. The molecule has 0 saturated heterocycles. The molecule has 23 heavy (non-hydrogen) atoms. The van der Waals surface area contributed by atoms with Crippen LogP contribution in [0.4, 0.5) is 5.82 Å². The van der Waals surface area contributed by atoms with Crippen molar-refractivity contribution in [1.82, 2.24) is 10.3 Å². The van der Waals surface area contributed by atoms with Crippen LogP contribution in [0.25, 0.3) is 0 Å². The second-order valence-electron chi connectivity index (χ2n) is 4.88. The summed E-state index contributed by atoms with van der Waals surface area (Å²) >= 11 is 0. The van der Waals surface area contributed by atoms with E-state index in [2.05, 4.69) is 10.3 Å². The van der Waals surface area contributed by atoms with Gasteiger partial charge in [-0.1, -0.05) is 18.2 Å². The number of rotatable bonds is 5. The fourth-order valence-electron chi connectivity index (χ4n) is 2.06. The number of benzene rings is 1. The fourth-order valence-corrected chi connectivity index (χ4v) is 2.06. The van der Waals surface area contributed by atoms with E-state index in [9.17, 15) is 9.59 Å². The fraction of sp³-hybridized carbons (Fsp3) is 0.125. The highest BCUT2D eigenvalue weighted by atomic mass is 16.2. The van der Waals surface area contributed by atoms with Gasteiger partial charge in [0, 0.05) is 12.7 Å². The molecule has 2 amide bonds. The number of amides is 2. The third kappa shape index (κ3) is 4.04. The number of pyridine rings is 1. The van der Waals surface area contributed by atoms with E-state index < -0.39 is 17.7 Å². The Balaban J connectivity index is 2.14. The van der Waals surface area contributed by atoms with Gasteiger partial charge in [-0.05, 0) is 29.3 Å². The largest absolute Gasteiger partial charge is 0.384 e. The standard InChI is InChI=1S/C16H15N5O2/c17-7-10-2-1-3-12(6-10)14(15(19)22)16(23)21-9-11-4-5-13(18)20-8-11/h1-6,8,14H,9H2,(H2,18,20)(H2,19,22)(H,21,23)/t14-/m0/s1. The highest BCUT2D eigenvalue weighted by Crippen LogP contribution is 2.17. The maximum atomic E-state index is 12.3. The molecular weight excluding hydrogens is 294 g/mol. The van der Waals surface area contributed by atoms with Crippen LogP contribution in [0.3, 0.4) is 0 Å². The van der Waals surface area contributed by atoms with Crippen LogP contribution in [-0.4, -0.2) is 16.8 Å². The Kier molecular flexibility index (Phi) is 4.89. The first-order valence-electron chi connectivity index (χ1n) is 6.78. The van der Waals surface area contributed by atoms with Crippen LogP contribution < -0.4 is 16.8 Å². The summed E-state index contributed by atoms with van der Waals surface area (Å²) in [6.07, 6.45) is 1.53. The van der Waals surface area contributed by atoms with Crippen molar-refractivity contribution in [2.45, 2.75) is 12.5 Å². The second kappa shape index (κ2) is 7.04. The molecule has 0 unspecified atom stereocenters. The number of nitrogen functional groups attached to an aromatic ring is 1. The van der Waals surface area contributed by atoms with E-state index in [-0.39, 0.29) is 6.54 Å². The molecule has 1 heterocycles. The van der Waals surface area contributed by atoms with Gasteiger partial charge in [-0.25, -0.2) is 4.98 Å². The summed E-state index contributed by atoms with van der Waals surface area (Å²) in [6.45, 7) is 0.188. The average Bonchev–Trinajstić information content (AvgIpc) is 2.54. The quantitative estimate of drug-likeness (QED) is 0.688. The van der Waals surface area contributed by atoms with Gasteiger partial charge in [0.2, 0.25) is 11.8 Å². The smallest absolute Gasteiger partial charge is 0.237 e. The molecule has 0 aliphatic heterocycles. The third-order valence-corrected chi connectivity index (χ3v) is 3.21. The molecule has 5 N–H and O–H groups in total. The van der Waals surface area contributed by atoms with E-state index in [1.54, 1.807) is 30.3 Å². The number of nitrogens with two attached hydrogens (primary N) is 2. The summed E-state index contributed by atoms with van der Waals surface area (Å²) in [7, 11) is 0. The van der Waals surface area contributed by atoms with Gasteiger partial charge in [-0.2, -0.15) is 5.26 Å². The number of nitrogens with one attached hydrogen (secondary N) is 1. The number of anilines is 1. The Morgan fingerprint density at radius 1 is 1.30 bits per heavy atom. The first kappa shape index (κ1) is 16.0. The van der Waals surface area contributed by atoms with Gasteiger partial charge in [-0.15, -0.1) is 0 Å². The lowest BCUT2D eigenvalue weighted by Crippen LogP contribution is -2.36. The normalized spacial score (nSPS) is 11.3. The van der Waals surface area contributed by atoms with E-state index in [1.807, 2.05) is 6.07 Å². The molecule has 2 aromatic rings. The van der Waals surface area contributed by atoms with Gasteiger partial charge >= 0.3 is 0 Å². The Labute approximate surface area is 132 Å². The summed E-state index contributed by atoms with van der Waals surface area (Å²) in [5, 5.41) is 11.5. The molecule has 7 nitrogen and oxygen atoms in total. The maximum Gasteiger partial charge on any atom is 0.237 e. The minimum Gasteiger partial charge on any atom is -0.384 e. The topological polar surface area (TPSA) is 135 Å². The summed E-state index contributed by atoms with van der Waals surface area (Å²) in [4.78, 5) is 27.8. The molecule has 2 rings (SSSR count). The molecule has 1 atom stereocenters. The zero-order valence-electron chi connectivity index (χ0n) is 12.2. The van der Waals surface area contributed by atoms with Crippen LogP contribution in [0.5, 0.6) is 0 Å². The number of primary amides is 1. The van der Waals surface area contributed by atoms with Crippen LogP contribution in [0.1, 0.15) is 22.6 Å². The Hall–Kier alpha value is -3.40. The van der Waals surface area contributed by atoms with Gasteiger partial charge in [0.25, 0.3) is 0 Å². The Morgan fingerprint density at radius 3 is 2.70 bits per heavy atom. The predicted molar refractivity (Wildman–Crippen MR) is 83.6 cm³/mol. The molecular formula is C16H15N5O2. The zero-order valence-corrected chi connectivity index (χ0v) is 12.2. The number of nitrogens with zero attached hydrogens (tertiary/aromatic N) is 2. The van der Waals surface area contributed by atoms with Crippen LogP contribution in [0.15, 0.2) is 42.6 Å². The van der Waals surface area contributed by atoms with Crippen LogP contribution >= 0.6 is 0 Å². The molecule has 0 bridgehead atoms. The van der Waals surface area contributed by atoms with Crippen molar-refractivity contribution >= 4 is 17.6 Å². The molecule has 0 saturated carbocycles. The average molecular weight is 309 g/mol. The number of hydrogen-bond acceptors (Lipinski definition) is 5. The van der Waals surface area contributed by atoms with Gasteiger partial charge in [0.1, 0.15) is 11.7 Å². The number of carbonyl (C=O) groups excluding carboxylic acids is 2. The van der Waals surface area contributed by atoms with Crippen molar-refractivity contribution in [2.24, 2.45) is 5.73 Å². The summed E-state index contributed by atoms with van der Waals surface area (Å²) in [5.74, 6) is -2.11. The molecule has 0 fully saturated rings. The van der Waals surface area contributed by atoms with Crippen molar-refractivity contribution in [3.63, 3.8) is 0 Å². The molecule has 7 heteroatoms. The first-order valence-corrected chi connectivity index (χ1v) is 6.78. The van der Waals surface area contributed by atoms with E-state index in [4.69, 9.17) is 16.7 Å². The lowest BCUT2D eigenvalue weighted by Gasteiger charge is -2.14. The molecule has 1 aromatic heterocycles. The number of carbonyl (C=O) groups is 2. The molecule has 0 spiro atoms. The second-order valence-corrected chi connectivity index (χ2v) is 4.88. The summed E-state index contributed by atoms with van der Waals surface area (Å²) in [5.41, 5.74) is 12.3. The highest BCUT2D eigenvalue weighted by molar-refractivity contribution is 6.05. The van der Waals surface area contributed by atoms with Crippen LogP contribution in [-0.2, 0) is 16.1 Å². The lowest BCUT2D eigenvalue weighted by atomic mass is 9.96. The number of nitriles is 1. The van der Waals surface area contributed by atoms with Crippen molar-refractivity contribution in [1.29, 1.82) is 5.26 Å². The van der Waals surface area contributed by atoms with Gasteiger partial charge in [-0.3, -0.25) is 9.59 Å². The highest BCUT2D eigenvalue weighted by Gasteiger charge is 2.26. The summed E-state index contributed by atoms with van der Waals surface area (Å²) < 4.78 is 0. The van der Waals surface area contributed by atoms with Crippen molar-refractivity contribution in [3.8, 4) is 6.07 Å². The van der Waals surface area contributed by atoms with Crippen molar-refractivity contribution < 1.29 is 9.59 Å². The predicted octanol–water partition coefficient (Wildman–Crippen LogP) is 0.421. The van der Waals surface area contributed by atoms with Gasteiger partial charge in [0.15, 0.2) is 0 Å². The lowest BCUT2D eigenvalue weighted by molar-refractivity contribution is -0.130. The number of hydrogen-bond donors (Lipinski definition) is 3. The third-order valence-electron chi connectivity index (χ3n) is 3.21. The Morgan fingerprint density at radius 2 is 2.09 bits per heavy atom. The minimum atomic E-state index is -1.16. The Bertz CT molecular complexity index is 765. The van der Waals surface area contributed by atoms with Gasteiger partial charge in [0.05, 0.1) is 11.6 Å². The minimum absolute atomic E-state index is 0.188. The van der Waals surface area contributed by atoms with E-state index in [0.29, 0.717) is 16.9 Å². The zero-order chi connectivity index (χ0) is 16.8. The SMILES string of the molecule is N#Cc1cccc([C@@H](C(N)=O)C(=O)NCc2ccc(N)nc2)c1. The van der Waals surface area contributed by atoms with Crippen molar-refractivity contribution in [3.05, 3.63) is 59.3 Å². The van der Waals surface area contributed by atoms with Crippen LogP contribution in [0, 0.1) is 11.3 Å². The van der Waals surface area contributed by atoms with E-state index >= 15 is 0 Å². The van der Waals surface area contributed by atoms with Crippen molar-refractivity contribution in [2.75, 3.05) is 5.73 Å². The molecule has 1 aromatic carbocycles. The monoisotopic (exact) mass is 309 g/mol. The molecule has 0 radical (unpaired) electrons. The first-order chi connectivity index (χ1) is 11.0. The van der Waals surface area contributed by atoms with E-state index in [0.717, 1.165) is 5.56 Å². The molecule has 116 valence electrons. The van der Waals surface area contributed by atoms with E-state index in [1.165, 1.54) is 12.3 Å². The molecule has 0 aliphatic carbocycles. The molecule has 0 aliphatic rings. The van der Waals surface area contributed by atoms with Gasteiger partial charge < -0.3 is 16.8 Å². The van der Waals surface area contributed by atoms with Crippen LogP contribution in [0.2, 0.25) is 0 Å². The maximum absolute atomic E-state index is 12.3. The summed E-state index contributed by atoms with van der Waals surface area (Å²) in [6, 6.07) is 11.5.